The van der Waals surface area contributed by atoms with Crippen LogP contribution in [-0.2, 0) is 0 Å². The van der Waals surface area contributed by atoms with Gasteiger partial charge in [0, 0.05) is 11.5 Å². The zero-order valence-electron chi connectivity index (χ0n) is 11.1. The van der Waals surface area contributed by atoms with Crippen LogP contribution in [0.3, 0.4) is 0 Å². The summed E-state index contributed by atoms with van der Waals surface area (Å²) in [6, 6.07) is 6.32. The number of aromatic nitrogens is 2. The Morgan fingerprint density at radius 3 is 2.63 bits per heavy atom. The number of anilines is 1. The molecular formula is C15H16BrN3. The largest absolute Gasteiger partial charge is 0.383 e. The maximum Gasteiger partial charge on any atom is 0.162 e. The van der Waals surface area contributed by atoms with Crippen LogP contribution in [0.5, 0.6) is 0 Å². The molecular weight excluding hydrogens is 302 g/mol. The first kappa shape index (κ1) is 12.6. The van der Waals surface area contributed by atoms with E-state index >= 15 is 0 Å². The smallest absolute Gasteiger partial charge is 0.162 e. The number of halogens is 1. The van der Waals surface area contributed by atoms with E-state index in [-0.39, 0.29) is 0 Å². The zero-order chi connectivity index (χ0) is 13.6. The second-order valence-electron chi connectivity index (χ2n) is 5.22. The summed E-state index contributed by atoms with van der Waals surface area (Å²) in [5.74, 6) is 1.82. The minimum absolute atomic E-state index is 0.535. The van der Waals surface area contributed by atoms with Gasteiger partial charge >= 0.3 is 0 Å². The van der Waals surface area contributed by atoms with Crippen LogP contribution >= 0.6 is 15.9 Å². The van der Waals surface area contributed by atoms with E-state index in [2.05, 4.69) is 53.0 Å². The minimum Gasteiger partial charge on any atom is -0.383 e. The maximum absolute atomic E-state index is 6.01. The lowest BCUT2D eigenvalue weighted by Gasteiger charge is -2.10. The SMILES string of the molecule is Cc1ccc(C)c(-c2nc(N)c(Br)c(C3CC3)n2)c1. The molecule has 3 rings (SSSR count). The normalized spacial score (nSPS) is 14.7. The first-order valence-electron chi connectivity index (χ1n) is 6.47. The first-order chi connectivity index (χ1) is 9.06. The molecule has 2 aromatic rings. The van der Waals surface area contributed by atoms with Gasteiger partial charge in [0.2, 0.25) is 0 Å². The molecule has 1 fully saturated rings. The van der Waals surface area contributed by atoms with Crippen molar-refractivity contribution in [1.29, 1.82) is 0 Å². The average Bonchev–Trinajstić information content (AvgIpc) is 3.20. The van der Waals surface area contributed by atoms with Crippen molar-refractivity contribution in [1.82, 2.24) is 9.97 Å². The van der Waals surface area contributed by atoms with E-state index in [9.17, 15) is 0 Å². The lowest BCUT2D eigenvalue weighted by atomic mass is 10.0. The Morgan fingerprint density at radius 2 is 1.95 bits per heavy atom. The van der Waals surface area contributed by atoms with Crippen LogP contribution in [0.4, 0.5) is 5.82 Å². The third kappa shape index (κ3) is 2.37. The second-order valence-corrected chi connectivity index (χ2v) is 6.02. The number of rotatable bonds is 2. The molecule has 1 aliphatic carbocycles. The molecule has 0 spiro atoms. The molecule has 1 aliphatic rings. The summed E-state index contributed by atoms with van der Waals surface area (Å²) in [5.41, 5.74) is 10.5. The highest BCUT2D eigenvalue weighted by Crippen LogP contribution is 2.44. The Balaban J connectivity index is 2.17. The fourth-order valence-corrected chi connectivity index (χ4v) is 2.71. The van der Waals surface area contributed by atoms with Gasteiger partial charge in [0.1, 0.15) is 5.82 Å². The number of aryl methyl sites for hydroxylation is 2. The van der Waals surface area contributed by atoms with E-state index in [1.165, 1.54) is 24.0 Å². The third-order valence-corrected chi connectivity index (χ3v) is 4.31. The van der Waals surface area contributed by atoms with Gasteiger partial charge in [-0.3, -0.25) is 0 Å². The van der Waals surface area contributed by atoms with Crippen LogP contribution in [0.25, 0.3) is 11.4 Å². The van der Waals surface area contributed by atoms with Crippen LogP contribution in [0.15, 0.2) is 22.7 Å². The maximum atomic E-state index is 6.01. The average molecular weight is 318 g/mol. The fraction of sp³-hybridized carbons (Fsp3) is 0.333. The standard InChI is InChI=1S/C15H16BrN3/c1-8-3-4-9(2)11(7-8)15-18-13(10-5-6-10)12(16)14(17)19-15/h3-4,7,10H,5-6H2,1-2H3,(H2,17,18,19). The number of hydrogen-bond donors (Lipinski definition) is 1. The molecule has 0 saturated heterocycles. The van der Waals surface area contributed by atoms with Crippen molar-refractivity contribution in [2.45, 2.75) is 32.6 Å². The summed E-state index contributed by atoms with van der Waals surface area (Å²) in [6.07, 6.45) is 2.39. The Morgan fingerprint density at radius 1 is 1.21 bits per heavy atom. The van der Waals surface area contributed by atoms with Crippen LogP contribution in [0.2, 0.25) is 0 Å². The molecule has 3 nitrogen and oxygen atoms in total. The predicted molar refractivity (Wildman–Crippen MR) is 81.0 cm³/mol. The van der Waals surface area contributed by atoms with Gasteiger partial charge < -0.3 is 5.73 Å². The van der Waals surface area contributed by atoms with Gasteiger partial charge in [0.15, 0.2) is 5.82 Å². The predicted octanol–water partition coefficient (Wildman–Crippen LogP) is 3.98. The lowest BCUT2D eigenvalue weighted by molar-refractivity contribution is 0.983. The molecule has 2 N–H and O–H groups in total. The molecule has 0 radical (unpaired) electrons. The Bertz CT molecular complexity index is 648. The summed E-state index contributed by atoms with van der Waals surface area (Å²) < 4.78 is 0.865. The number of hydrogen-bond acceptors (Lipinski definition) is 3. The van der Waals surface area contributed by atoms with Gasteiger partial charge in [-0.1, -0.05) is 17.7 Å². The molecule has 1 aromatic carbocycles. The third-order valence-electron chi connectivity index (χ3n) is 3.50. The highest BCUT2D eigenvalue weighted by molar-refractivity contribution is 9.10. The molecule has 0 bridgehead atoms. The Hall–Kier alpha value is -1.42. The number of nitrogens with two attached hydrogens (primary N) is 1. The van der Waals surface area contributed by atoms with Crippen molar-refractivity contribution < 1.29 is 0 Å². The number of nitrogen functional groups attached to an aromatic ring is 1. The van der Waals surface area contributed by atoms with Crippen LogP contribution in [-0.4, -0.2) is 9.97 Å². The molecule has 19 heavy (non-hydrogen) atoms. The van der Waals surface area contributed by atoms with E-state index in [1.807, 2.05) is 0 Å². The number of benzene rings is 1. The van der Waals surface area contributed by atoms with Crippen LogP contribution < -0.4 is 5.73 Å². The van der Waals surface area contributed by atoms with Crippen molar-refractivity contribution in [3.05, 3.63) is 39.5 Å². The van der Waals surface area contributed by atoms with Crippen LogP contribution in [0, 0.1) is 13.8 Å². The molecule has 0 atom stereocenters. The highest BCUT2D eigenvalue weighted by Gasteiger charge is 2.29. The van der Waals surface area contributed by atoms with Gasteiger partial charge in [-0.25, -0.2) is 9.97 Å². The van der Waals surface area contributed by atoms with Crippen molar-refractivity contribution >= 4 is 21.7 Å². The summed E-state index contributed by atoms with van der Waals surface area (Å²) in [4.78, 5) is 9.16. The minimum atomic E-state index is 0.535. The fourth-order valence-electron chi connectivity index (χ4n) is 2.21. The van der Waals surface area contributed by atoms with Gasteiger partial charge in [-0.2, -0.15) is 0 Å². The van der Waals surface area contributed by atoms with Gasteiger partial charge in [-0.15, -0.1) is 0 Å². The summed E-state index contributed by atoms with van der Waals surface area (Å²) >= 11 is 3.51. The molecule has 0 amide bonds. The highest BCUT2D eigenvalue weighted by atomic mass is 79.9. The second kappa shape index (κ2) is 4.60. The van der Waals surface area contributed by atoms with E-state index in [1.54, 1.807) is 0 Å². The Kier molecular flexibility index (Phi) is 3.05. The zero-order valence-corrected chi connectivity index (χ0v) is 12.7. The van der Waals surface area contributed by atoms with Gasteiger partial charge in [0.05, 0.1) is 10.2 Å². The molecule has 0 unspecified atom stereocenters. The molecule has 4 heteroatoms. The first-order valence-corrected chi connectivity index (χ1v) is 7.26. The van der Waals surface area contributed by atoms with Crippen molar-refractivity contribution in [3.8, 4) is 11.4 Å². The monoisotopic (exact) mass is 317 g/mol. The summed E-state index contributed by atoms with van der Waals surface area (Å²) in [5, 5.41) is 0. The van der Waals surface area contributed by atoms with Gasteiger partial charge in [-0.05, 0) is 54.2 Å². The van der Waals surface area contributed by atoms with E-state index < -0.39 is 0 Å². The van der Waals surface area contributed by atoms with E-state index in [0.717, 1.165) is 21.6 Å². The molecule has 1 heterocycles. The molecule has 98 valence electrons. The van der Waals surface area contributed by atoms with Crippen molar-refractivity contribution in [2.24, 2.45) is 0 Å². The number of nitrogens with zero attached hydrogens (tertiary/aromatic N) is 2. The van der Waals surface area contributed by atoms with E-state index in [0.29, 0.717) is 11.7 Å². The molecule has 0 aliphatic heterocycles. The van der Waals surface area contributed by atoms with Crippen LogP contribution in [0.1, 0.15) is 35.6 Å². The summed E-state index contributed by atoms with van der Waals surface area (Å²) in [7, 11) is 0. The van der Waals surface area contributed by atoms with E-state index in [4.69, 9.17) is 10.7 Å². The molecule has 1 saturated carbocycles. The topological polar surface area (TPSA) is 51.8 Å². The van der Waals surface area contributed by atoms with Crippen molar-refractivity contribution in [2.75, 3.05) is 5.73 Å². The Labute approximate surface area is 121 Å². The lowest BCUT2D eigenvalue weighted by Crippen LogP contribution is -2.03. The van der Waals surface area contributed by atoms with Gasteiger partial charge in [0.25, 0.3) is 0 Å². The summed E-state index contributed by atoms with van der Waals surface area (Å²) in [6.45, 7) is 4.15. The van der Waals surface area contributed by atoms with Crippen molar-refractivity contribution in [3.63, 3.8) is 0 Å². The quantitative estimate of drug-likeness (QED) is 0.911. The molecule has 1 aromatic heterocycles.